The smallest absolute Gasteiger partial charge is 0.130 e. The van der Waals surface area contributed by atoms with E-state index in [-0.39, 0.29) is 0 Å². The van der Waals surface area contributed by atoms with Gasteiger partial charge in [-0.1, -0.05) is 38.5 Å². The molecular weight excluding hydrogens is 303 g/mol. The van der Waals surface area contributed by atoms with Crippen LogP contribution >= 0.6 is 8.58 Å². The second kappa shape index (κ2) is 7.26. The van der Waals surface area contributed by atoms with Crippen molar-refractivity contribution in [1.29, 1.82) is 0 Å². The minimum atomic E-state index is 0.514. The van der Waals surface area contributed by atoms with Crippen LogP contribution in [0.1, 0.15) is 87.6 Å². The first kappa shape index (κ1) is 15.5. The molecule has 0 bridgehead atoms. The minimum Gasteiger partial charge on any atom is -0.461 e. The molecule has 124 valence electrons. The summed E-state index contributed by atoms with van der Waals surface area (Å²) < 4.78 is 12.3. The third-order valence-electron chi connectivity index (χ3n) is 5.52. The fourth-order valence-electron chi connectivity index (χ4n) is 4.17. The fourth-order valence-corrected chi connectivity index (χ4v) is 5.09. The topological polar surface area (TPSA) is 26.3 Å². The number of rotatable bonds is 4. The molecule has 0 radical (unpaired) electrons. The van der Waals surface area contributed by atoms with Gasteiger partial charge in [-0.25, -0.2) is 0 Å². The van der Waals surface area contributed by atoms with Crippen LogP contribution in [0.5, 0.6) is 0 Å². The Bertz CT molecular complexity index is 561. The number of hydrogen-bond donors (Lipinski definition) is 0. The Morgan fingerprint density at radius 1 is 0.609 bits per heavy atom. The zero-order valence-electron chi connectivity index (χ0n) is 13.9. The van der Waals surface area contributed by atoms with Crippen molar-refractivity contribution < 1.29 is 8.83 Å². The van der Waals surface area contributed by atoms with E-state index in [2.05, 4.69) is 24.3 Å². The van der Waals surface area contributed by atoms with Crippen molar-refractivity contribution in [3.8, 4) is 0 Å². The number of furan rings is 2. The quantitative estimate of drug-likeness (QED) is 0.682. The Morgan fingerprint density at radius 3 is 1.48 bits per heavy atom. The standard InChI is InChI=1S/C20H27O2P/c1-3-7-15(8-4-1)17-11-13-19(21-17)23-20-14-12-18(22-20)16-9-5-2-6-10-16/h11-16,23H,1-10H2. The Balaban J connectivity index is 1.40. The molecule has 0 spiro atoms. The molecule has 2 saturated carbocycles. The molecule has 2 aliphatic rings. The zero-order chi connectivity index (χ0) is 15.5. The molecule has 2 fully saturated rings. The Morgan fingerprint density at radius 2 is 1.04 bits per heavy atom. The van der Waals surface area contributed by atoms with Crippen LogP contribution in [0.2, 0.25) is 0 Å². The van der Waals surface area contributed by atoms with Crippen LogP contribution in [0.4, 0.5) is 0 Å². The molecule has 0 unspecified atom stereocenters. The van der Waals surface area contributed by atoms with Crippen LogP contribution in [-0.4, -0.2) is 0 Å². The molecule has 0 atom stereocenters. The van der Waals surface area contributed by atoms with Crippen LogP contribution in [0, 0.1) is 0 Å². The van der Waals surface area contributed by atoms with E-state index in [1.165, 1.54) is 75.7 Å². The third kappa shape index (κ3) is 3.74. The summed E-state index contributed by atoms with van der Waals surface area (Å²) in [4.78, 5) is 0. The molecule has 2 aromatic heterocycles. The highest BCUT2D eigenvalue weighted by atomic mass is 31.1. The van der Waals surface area contributed by atoms with Gasteiger partial charge < -0.3 is 8.83 Å². The molecule has 4 rings (SSSR count). The third-order valence-corrected chi connectivity index (χ3v) is 6.55. The van der Waals surface area contributed by atoms with Gasteiger partial charge in [0.15, 0.2) is 0 Å². The lowest BCUT2D eigenvalue weighted by Crippen LogP contribution is -2.05. The number of hydrogen-bond acceptors (Lipinski definition) is 2. The van der Waals surface area contributed by atoms with Gasteiger partial charge in [-0.05, 0) is 49.9 Å². The molecule has 23 heavy (non-hydrogen) atoms. The van der Waals surface area contributed by atoms with E-state index < -0.39 is 0 Å². The maximum Gasteiger partial charge on any atom is 0.130 e. The van der Waals surface area contributed by atoms with E-state index in [1.54, 1.807) is 0 Å². The van der Waals surface area contributed by atoms with E-state index >= 15 is 0 Å². The Labute approximate surface area is 140 Å². The van der Waals surface area contributed by atoms with Crippen molar-refractivity contribution in [2.24, 2.45) is 0 Å². The summed E-state index contributed by atoms with van der Waals surface area (Å²) in [5, 5.41) is 0. The van der Waals surface area contributed by atoms with Crippen LogP contribution < -0.4 is 11.0 Å². The van der Waals surface area contributed by atoms with Gasteiger partial charge in [-0.2, -0.15) is 0 Å². The van der Waals surface area contributed by atoms with Crippen LogP contribution in [-0.2, 0) is 0 Å². The summed E-state index contributed by atoms with van der Waals surface area (Å²) in [5.74, 6) is 3.70. The van der Waals surface area contributed by atoms with Gasteiger partial charge in [0.25, 0.3) is 0 Å². The summed E-state index contributed by atoms with van der Waals surface area (Å²) >= 11 is 0. The zero-order valence-corrected chi connectivity index (χ0v) is 14.9. The van der Waals surface area contributed by atoms with E-state index in [0.29, 0.717) is 20.4 Å². The Hall–Kier alpha value is -1.01. The first-order valence-electron chi connectivity index (χ1n) is 9.35. The molecular formula is C20H27O2P. The first-order chi connectivity index (χ1) is 11.4. The van der Waals surface area contributed by atoms with Crippen molar-refractivity contribution in [2.45, 2.75) is 76.0 Å². The molecule has 2 aliphatic carbocycles. The molecule has 0 aromatic carbocycles. The Kier molecular flexibility index (Phi) is 4.90. The lowest BCUT2D eigenvalue weighted by molar-refractivity contribution is 0.381. The maximum atomic E-state index is 6.13. The summed E-state index contributed by atoms with van der Waals surface area (Å²) in [7, 11) is 0.514. The average molecular weight is 330 g/mol. The predicted molar refractivity (Wildman–Crippen MR) is 96.7 cm³/mol. The van der Waals surface area contributed by atoms with Crippen LogP contribution in [0.15, 0.2) is 33.1 Å². The van der Waals surface area contributed by atoms with Crippen molar-refractivity contribution in [3.63, 3.8) is 0 Å². The summed E-state index contributed by atoms with van der Waals surface area (Å²) in [6.45, 7) is 0. The van der Waals surface area contributed by atoms with Gasteiger partial charge in [0.1, 0.15) is 22.5 Å². The molecule has 2 heterocycles. The SMILES string of the molecule is c1cc(C2CCCCC2)oc1Pc1ccc(C2CCCCC2)o1. The van der Waals surface area contributed by atoms with Crippen molar-refractivity contribution in [2.75, 3.05) is 0 Å². The highest BCUT2D eigenvalue weighted by Gasteiger charge is 2.21. The largest absolute Gasteiger partial charge is 0.461 e. The minimum absolute atomic E-state index is 0.514. The molecule has 0 saturated heterocycles. The van der Waals surface area contributed by atoms with Gasteiger partial charge in [0.2, 0.25) is 0 Å². The second-order valence-electron chi connectivity index (χ2n) is 7.20. The average Bonchev–Trinajstić information content (AvgIpc) is 3.27. The van der Waals surface area contributed by atoms with E-state index in [4.69, 9.17) is 8.83 Å². The highest BCUT2D eigenvalue weighted by molar-refractivity contribution is 7.54. The van der Waals surface area contributed by atoms with Gasteiger partial charge in [0.05, 0.1) is 0 Å². The van der Waals surface area contributed by atoms with Gasteiger partial charge in [-0.15, -0.1) is 0 Å². The van der Waals surface area contributed by atoms with Crippen molar-refractivity contribution >= 4 is 19.6 Å². The predicted octanol–water partition coefficient (Wildman–Crippen LogP) is 5.60. The fraction of sp³-hybridized carbons (Fsp3) is 0.600. The summed E-state index contributed by atoms with van der Waals surface area (Å²) in [6.07, 6.45) is 13.4. The molecule has 3 heteroatoms. The van der Waals surface area contributed by atoms with Gasteiger partial charge in [-0.3, -0.25) is 0 Å². The molecule has 0 amide bonds. The monoisotopic (exact) mass is 330 g/mol. The summed E-state index contributed by atoms with van der Waals surface area (Å²) in [5.41, 5.74) is 2.16. The molecule has 2 nitrogen and oxygen atoms in total. The van der Waals surface area contributed by atoms with Gasteiger partial charge in [0, 0.05) is 20.4 Å². The van der Waals surface area contributed by atoms with Crippen LogP contribution in [0.25, 0.3) is 0 Å². The maximum absolute atomic E-state index is 6.13. The molecule has 0 N–H and O–H groups in total. The van der Waals surface area contributed by atoms with Crippen molar-refractivity contribution in [1.82, 2.24) is 0 Å². The first-order valence-corrected chi connectivity index (χ1v) is 10.3. The normalized spacial score (nSPS) is 20.9. The summed E-state index contributed by atoms with van der Waals surface area (Å²) in [6, 6.07) is 8.71. The van der Waals surface area contributed by atoms with Crippen LogP contribution in [0.3, 0.4) is 0 Å². The van der Waals surface area contributed by atoms with Crippen molar-refractivity contribution in [3.05, 3.63) is 35.8 Å². The molecule has 2 aromatic rings. The lowest BCUT2D eigenvalue weighted by Gasteiger charge is -2.19. The lowest BCUT2D eigenvalue weighted by atomic mass is 9.88. The highest BCUT2D eigenvalue weighted by Crippen LogP contribution is 2.34. The van der Waals surface area contributed by atoms with E-state index in [0.717, 1.165) is 11.0 Å². The van der Waals surface area contributed by atoms with Gasteiger partial charge >= 0.3 is 0 Å². The van der Waals surface area contributed by atoms with E-state index in [1.807, 2.05) is 0 Å². The van der Waals surface area contributed by atoms with E-state index in [9.17, 15) is 0 Å². The molecule has 0 aliphatic heterocycles. The second-order valence-corrected chi connectivity index (χ2v) is 8.43.